The van der Waals surface area contributed by atoms with E-state index in [-0.39, 0.29) is 36.2 Å². The summed E-state index contributed by atoms with van der Waals surface area (Å²) in [5.74, 6) is -0.0983. The number of piperidine rings is 1. The number of carbonyl (C=O) groups excluding carboxylic acids is 3. The smallest absolute Gasteiger partial charge is 0.289 e. The van der Waals surface area contributed by atoms with Crippen molar-refractivity contribution in [2.24, 2.45) is 0 Å². The minimum atomic E-state index is -0.388. The number of rotatable bonds is 6. The summed E-state index contributed by atoms with van der Waals surface area (Å²) in [6, 6.07) is 10.5. The van der Waals surface area contributed by atoms with Crippen LogP contribution >= 0.6 is 15.9 Å². The third-order valence-corrected chi connectivity index (χ3v) is 5.45. The Hall–Kier alpha value is -2.61. The number of benzene rings is 1. The minimum Gasteiger partial charge on any atom is -0.459 e. The van der Waals surface area contributed by atoms with Gasteiger partial charge in [0.15, 0.2) is 5.76 Å². The molecular weight excluding hydrogens is 438 g/mol. The summed E-state index contributed by atoms with van der Waals surface area (Å²) in [6.45, 7) is 2.56. The zero-order chi connectivity index (χ0) is 20.8. The van der Waals surface area contributed by atoms with Gasteiger partial charge >= 0.3 is 0 Å². The van der Waals surface area contributed by atoms with Gasteiger partial charge in [-0.1, -0.05) is 28.1 Å². The van der Waals surface area contributed by atoms with Crippen LogP contribution in [0.15, 0.2) is 51.6 Å². The Kier molecular flexibility index (Phi) is 7.09. The molecular formula is C21H24BrN3O4. The summed E-state index contributed by atoms with van der Waals surface area (Å²) in [5.41, 5.74) is 0.873. The van der Waals surface area contributed by atoms with Crippen LogP contribution in [0.1, 0.15) is 48.3 Å². The third kappa shape index (κ3) is 5.93. The van der Waals surface area contributed by atoms with Gasteiger partial charge in [-0.05, 0) is 42.7 Å². The summed E-state index contributed by atoms with van der Waals surface area (Å²) < 4.78 is 6.10. The predicted octanol–water partition coefficient (Wildman–Crippen LogP) is 3.03. The van der Waals surface area contributed by atoms with Crippen molar-refractivity contribution in [2.45, 2.75) is 38.3 Å². The largest absolute Gasteiger partial charge is 0.459 e. The van der Waals surface area contributed by atoms with Crippen molar-refractivity contribution in [3.8, 4) is 0 Å². The predicted molar refractivity (Wildman–Crippen MR) is 111 cm³/mol. The van der Waals surface area contributed by atoms with E-state index < -0.39 is 0 Å². The van der Waals surface area contributed by atoms with Crippen molar-refractivity contribution in [3.63, 3.8) is 0 Å². The SMILES string of the molecule is CC(=O)NC(CC(=O)NC1CCN(C(=O)c2ccco2)CC1)c1ccc(Br)cc1. The number of likely N-dealkylation sites (tertiary alicyclic amines) is 1. The molecule has 2 heterocycles. The Morgan fingerprint density at radius 2 is 1.86 bits per heavy atom. The summed E-state index contributed by atoms with van der Waals surface area (Å²) in [7, 11) is 0. The Balaban J connectivity index is 1.52. The fraction of sp³-hybridized carbons (Fsp3) is 0.381. The lowest BCUT2D eigenvalue weighted by Crippen LogP contribution is -2.47. The van der Waals surface area contributed by atoms with Gasteiger partial charge < -0.3 is 20.0 Å². The topological polar surface area (TPSA) is 91.7 Å². The lowest BCUT2D eigenvalue weighted by atomic mass is 10.0. The highest BCUT2D eigenvalue weighted by molar-refractivity contribution is 9.10. The molecule has 8 heteroatoms. The molecule has 0 saturated carbocycles. The molecule has 0 aliphatic carbocycles. The van der Waals surface area contributed by atoms with Crippen LogP contribution in [-0.4, -0.2) is 41.8 Å². The van der Waals surface area contributed by atoms with E-state index in [9.17, 15) is 14.4 Å². The molecule has 2 aromatic rings. The van der Waals surface area contributed by atoms with E-state index in [2.05, 4.69) is 26.6 Å². The molecule has 0 bridgehead atoms. The quantitative estimate of drug-likeness (QED) is 0.691. The van der Waals surface area contributed by atoms with Crippen molar-refractivity contribution >= 4 is 33.7 Å². The number of nitrogens with zero attached hydrogens (tertiary/aromatic N) is 1. The van der Waals surface area contributed by atoms with Crippen molar-refractivity contribution in [1.29, 1.82) is 0 Å². The molecule has 3 rings (SSSR count). The molecule has 0 spiro atoms. The van der Waals surface area contributed by atoms with E-state index in [0.29, 0.717) is 31.7 Å². The highest BCUT2D eigenvalue weighted by Crippen LogP contribution is 2.21. The van der Waals surface area contributed by atoms with E-state index in [1.165, 1.54) is 13.2 Å². The normalized spacial score (nSPS) is 15.6. The number of carbonyl (C=O) groups is 3. The first kappa shape index (κ1) is 21.1. The second kappa shape index (κ2) is 9.73. The summed E-state index contributed by atoms with van der Waals surface area (Å²) in [4.78, 5) is 38.2. The maximum absolute atomic E-state index is 12.6. The molecule has 1 aromatic carbocycles. The summed E-state index contributed by atoms with van der Waals surface area (Å²) in [6.07, 6.45) is 3.01. The monoisotopic (exact) mass is 461 g/mol. The Bertz CT molecular complexity index is 843. The van der Waals surface area contributed by atoms with Crippen LogP contribution in [0.4, 0.5) is 0 Å². The van der Waals surface area contributed by atoms with E-state index in [1.54, 1.807) is 17.0 Å². The number of amides is 3. The number of hydrogen-bond acceptors (Lipinski definition) is 4. The maximum atomic E-state index is 12.6. The molecule has 3 amide bonds. The van der Waals surface area contributed by atoms with Gasteiger partial charge in [0, 0.05) is 30.5 Å². The fourth-order valence-corrected chi connectivity index (χ4v) is 3.71. The van der Waals surface area contributed by atoms with Crippen molar-refractivity contribution in [2.75, 3.05) is 13.1 Å². The Labute approximate surface area is 178 Å². The Morgan fingerprint density at radius 1 is 1.17 bits per heavy atom. The van der Waals surface area contributed by atoms with Gasteiger partial charge in [0.25, 0.3) is 5.91 Å². The zero-order valence-electron chi connectivity index (χ0n) is 16.2. The summed E-state index contributed by atoms with van der Waals surface area (Å²) in [5, 5.41) is 5.88. The average molecular weight is 462 g/mol. The van der Waals surface area contributed by atoms with Crippen molar-refractivity contribution in [3.05, 3.63) is 58.5 Å². The first-order valence-corrected chi connectivity index (χ1v) is 10.4. The van der Waals surface area contributed by atoms with E-state index in [1.807, 2.05) is 24.3 Å². The second-order valence-corrected chi connectivity index (χ2v) is 8.04. The van der Waals surface area contributed by atoms with Gasteiger partial charge in [0.1, 0.15) is 0 Å². The molecule has 0 radical (unpaired) electrons. The van der Waals surface area contributed by atoms with Crippen LogP contribution in [0, 0.1) is 0 Å². The zero-order valence-corrected chi connectivity index (χ0v) is 17.8. The number of halogens is 1. The molecule has 1 aliphatic rings. The lowest BCUT2D eigenvalue weighted by molar-refractivity contribution is -0.123. The molecule has 1 aliphatic heterocycles. The summed E-state index contributed by atoms with van der Waals surface area (Å²) >= 11 is 3.39. The van der Waals surface area contributed by atoms with E-state index in [0.717, 1.165) is 10.0 Å². The van der Waals surface area contributed by atoms with Gasteiger partial charge in [-0.25, -0.2) is 0 Å². The number of furan rings is 1. The van der Waals surface area contributed by atoms with Crippen LogP contribution in [0.5, 0.6) is 0 Å². The van der Waals surface area contributed by atoms with Gasteiger partial charge in [-0.2, -0.15) is 0 Å². The fourth-order valence-electron chi connectivity index (χ4n) is 3.45. The highest BCUT2D eigenvalue weighted by atomic mass is 79.9. The van der Waals surface area contributed by atoms with Crippen molar-refractivity contribution < 1.29 is 18.8 Å². The molecule has 7 nitrogen and oxygen atoms in total. The Morgan fingerprint density at radius 3 is 2.45 bits per heavy atom. The van der Waals surface area contributed by atoms with Crippen LogP contribution in [0.3, 0.4) is 0 Å². The first-order valence-electron chi connectivity index (χ1n) is 9.57. The number of nitrogens with one attached hydrogen (secondary N) is 2. The highest BCUT2D eigenvalue weighted by Gasteiger charge is 2.26. The van der Waals surface area contributed by atoms with Crippen LogP contribution < -0.4 is 10.6 Å². The van der Waals surface area contributed by atoms with Crippen LogP contribution in [-0.2, 0) is 9.59 Å². The average Bonchev–Trinajstić information content (AvgIpc) is 3.22. The lowest BCUT2D eigenvalue weighted by Gasteiger charge is -2.32. The second-order valence-electron chi connectivity index (χ2n) is 7.12. The molecule has 2 N–H and O–H groups in total. The third-order valence-electron chi connectivity index (χ3n) is 4.92. The van der Waals surface area contributed by atoms with Crippen LogP contribution in [0.25, 0.3) is 0 Å². The van der Waals surface area contributed by atoms with Crippen molar-refractivity contribution in [1.82, 2.24) is 15.5 Å². The van der Waals surface area contributed by atoms with Gasteiger partial charge in [-0.15, -0.1) is 0 Å². The first-order chi connectivity index (χ1) is 13.9. The molecule has 154 valence electrons. The van der Waals surface area contributed by atoms with Gasteiger partial charge in [0.05, 0.1) is 18.7 Å². The van der Waals surface area contributed by atoms with E-state index >= 15 is 0 Å². The van der Waals surface area contributed by atoms with Gasteiger partial charge in [0.2, 0.25) is 11.8 Å². The molecule has 1 saturated heterocycles. The standard InChI is InChI=1S/C21H24BrN3O4/c1-14(26)23-18(15-4-6-16(22)7-5-15)13-20(27)24-17-8-10-25(11-9-17)21(28)19-3-2-12-29-19/h2-7,12,17-18H,8-11,13H2,1H3,(H,23,26)(H,24,27). The molecule has 29 heavy (non-hydrogen) atoms. The maximum Gasteiger partial charge on any atom is 0.289 e. The van der Waals surface area contributed by atoms with Crippen LogP contribution in [0.2, 0.25) is 0 Å². The number of hydrogen-bond donors (Lipinski definition) is 2. The minimum absolute atomic E-state index is 0.00560. The van der Waals surface area contributed by atoms with Gasteiger partial charge in [-0.3, -0.25) is 14.4 Å². The molecule has 1 atom stereocenters. The van der Waals surface area contributed by atoms with E-state index in [4.69, 9.17) is 4.42 Å². The molecule has 1 fully saturated rings. The molecule has 1 unspecified atom stereocenters. The molecule has 1 aromatic heterocycles.